The molecule has 154 valence electrons. The maximum Gasteiger partial charge on any atom is 0.225 e. The molecule has 0 saturated carbocycles. The van der Waals surface area contributed by atoms with E-state index in [9.17, 15) is 5.11 Å². The highest BCUT2D eigenvalue weighted by molar-refractivity contribution is 5.54. The molecule has 3 rings (SSSR count). The van der Waals surface area contributed by atoms with E-state index in [0.29, 0.717) is 29.7 Å². The lowest BCUT2D eigenvalue weighted by molar-refractivity contribution is 0.104. The summed E-state index contributed by atoms with van der Waals surface area (Å²) in [5, 5.41) is 13.5. The van der Waals surface area contributed by atoms with Gasteiger partial charge in [0.25, 0.3) is 0 Å². The summed E-state index contributed by atoms with van der Waals surface area (Å²) in [6.45, 7) is 2.60. The highest BCUT2D eigenvalue weighted by Gasteiger charge is 2.12. The van der Waals surface area contributed by atoms with E-state index >= 15 is 0 Å². The van der Waals surface area contributed by atoms with Gasteiger partial charge in [0.05, 0.1) is 20.4 Å². The van der Waals surface area contributed by atoms with Crippen LogP contribution < -0.4 is 19.5 Å². The van der Waals surface area contributed by atoms with E-state index in [2.05, 4.69) is 10.3 Å². The number of methoxy groups -OCH3 is 2. The van der Waals surface area contributed by atoms with Gasteiger partial charge in [-0.05, 0) is 48.9 Å². The third-order valence-corrected chi connectivity index (χ3v) is 4.54. The van der Waals surface area contributed by atoms with Gasteiger partial charge in [0, 0.05) is 18.2 Å². The van der Waals surface area contributed by atoms with Crippen LogP contribution in [0.1, 0.15) is 18.5 Å². The first-order chi connectivity index (χ1) is 14.1. The Morgan fingerprint density at radius 2 is 1.83 bits per heavy atom. The number of hydrogen-bond donors (Lipinski definition) is 2. The number of oxazole rings is 1. The fourth-order valence-corrected chi connectivity index (χ4v) is 2.86. The van der Waals surface area contributed by atoms with Crippen LogP contribution in [0.2, 0.25) is 0 Å². The maximum absolute atomic E-state index is 10.2. The van der Waals surface area contributed by atoms with E-state index in [0.717, 1.165) is 11.1 Å². The number of aromatic nitrogens is 1. The molecule has 3 aromatic rings. The molecular weight excluding hydrogens is 372 g/mol. The quantitative estimate of drug-likeness (QED) is 0.541. The van der Waals surface area contributed by atoms with Gasteiger partial charge in [-0.3, -0.25) is 0 Å². The monoisotopic (exact) mass is 398 g/mol. The van der Waals surface area contributed by atoms with Gasteiger partial charge in [0.2, 0.25) is 5.89 Å². The van der Waals surface area contributed by atoms with Crippen molar-refractivity contribution in [2.45, 2.75) is 19.1 Å². The van der Waals surface area contributed by atoms with Gasteiger partial charge in [-0.1, -0.05) is 6.07 Å². The SMILES string of the molecule is COc1ccc(C(C)NCC(O)COc2ccc(-c3ncco3)cc2)cc1OC. The van der Waals surface area contributed by atoms with Gasteiger partial charge in [-0.15, -0.1) is 0 Å². The van der Waals surface area contributed by atoms with E-state index < -0.39 is 6.10 Å². The van der Waals surface area contributed by atoms with Gasteiger partial charge in [0.1, 0.15) is 24.7 Å². The summed E-state index contributed by atoms with van der Waals surface area (Å²) in [5.74, 6) is 2.60. The number of aliphatic hydroxyl groups excluding tert-OH is 1. The predicted octanol–water partition coefficient (Wildman–Crippen LogP) is 3.45. The molecule has 1 aromatic heterocycles. The van der Waals surface area contributed by atoms with Crippen molar-refractivity contribution in [3.8, 4) is 28.7 Å². The third kappa shape index (κ3) is 5.49. The average molecular weight is 398 g/mol. The van der Waals surface area contributed by atoms with Crippen LogP contribution in [0, 0.1) is 0 Å². The second-order valence-electron chi connectivity index (χ2n) is 6.57. The number of ether oxygens (including phenoxy) is 3. The van der Waals surface area contributed by atoms with Crippen molar-refractivity contribution in [3.05, 3.63) is 60.5 Å². The molecule has 0 bridgehead atoms. The molecule has 2 atom stereocenters. The first-order valence-electron chi connectivity index (χ1n) is 9.36. The normalized spacial score (nSPS) is 13.0. The lowest BCUT2D eigenvalue weighted by Crippen LogP contribution is -2.33. The maximum atomic E-state index is 10.2. The molecule has 1 heterocycles. The minimum Gasteiger partial charge on any atom is -0.493 e. The fraction of sp³-hybridized carbons (Fsp3) is 0.318. The zero-order chi connectivity index (χ0) is 20.6. The van der Waals surface area contributed by atoms with Crippen LogP contribution in [0.5, 0.6) is 17.2 Å². The number of nitrogens with zero attached hydrogens (tertiary/aromatic N) is 1. The molecule has 2 aromatic carbocycles. The summed E-state index contributed by atoms with van der Waals surface area (Å²) in [4.78, 5) is 4.11. The van der Waals surface area contributed by atoms with Crippen molar-refractivity contribution in [2.24, 2.45) is 0 Å². The largest absolute Gasteiger partial charge is 0.493 e. The molecule has 0 spiro atoms. The second-order valence-corrected chi connectivity index (χ2v) is 6.57. The van der Waals surface area contributed by atoms with E-state index in [4.69, 9.17) is 18.6 Å². The molecule has 0 saturated heterocycles. The molecule has 0 fully saturated rings. The van der Waals surface area contributed by atoms with Crippen LogP contribution >= 0.6 is 0 Å². The molecule has 7 heteroatoms. The zero-order valence-electron chi connectivity index (χ0n) is 16.8. The number of rotatable bonds is 10. The highest BCUT2D eigenvalue weighted by atomic mass is 16.5. The summed E-state index contributed by atoms with van der Waals surface area (Å²) in [6.07, 6.45) is 2.49. The molecule has 29 heavy (non-hydrogen) atoms. The first-order valence-corrected chi connectivity index (χ1v) is 9.36. The van der Waals surface area contributed by atoms with Crippen molar-refractivity contribution in [2.75, 3.05) is 27.4 Å². The van der Waals surface area contributed by atoms with Crippen molar-refractivity contribution in [1.82, 2.24) is 10.3 Å². The van der Waals surface area contributed by atoms with E-state index in [-0.39, 0.29) is 12.6 Å². The van der Waals surface area contributed by atoms with Crippen molar-refractivity contribution in [3.63, 3.8) is 0 Å². The summed E-state index contributed by atoms with van der Waals surface area (Å²) in [6, 6.07) is 13.2. The standard InChI is InChI=1S/C22H26N2O5/c1-15(17-6-9-20(26-2)21(12-17)27-3)24-13-18(25)14-29-19-7-4-16(5-8-19)22-23-10-11-28-22/h4-12,15,18,24-25H,13-14H2,1-3H3. The molecule has 0 radical (unpaired) electrons. The summed E-state index contributed by atoms with van der Waals surface area (Å²) < 4.78 is 21.5. The van der Waals surface area contributed by atoms with Gasteiger partial charge >= 0.3 is 0 Å². The van der Waals surface area contributed by atoms with Crippen LogP contribution in [0.4, 0.5) is 0 Å². The van der Waals surface area contributed by atoms with Crippen LogP contribution in [-0.2, 0) is 0 Å². The Labute approximate surface area is 170 Å². The van der Waals surface area contributed by atoms with E-state index in [1.165, 1.54) is 6.26 Å². The highest BCUT2D eigenvalue weighted by Crippen LogP contribution is 2.29. The van der Waals surface area contributed by atoms with Gasteiger partial charge in [0.15, 0.2) is 11.5 Å². The summed E-state index contributed by atoms with van der Waals surface area (Å²) in [5.41, 5.74) is 1.91. The Balaban J connectivity index is 1.46. The minimum atomic E-state index is -0.649. The topological polar surface area (TPSA) is 86.0 Å². The van der Waals surface area contributed by atoms with Crippen molar-refractivity contribution < 1.29 is 23.7 Å². The Morgan fingerprint density at radius 1 is 1.07 bits per heavy atom. The second kappa shape index (κ2) is 9.95. The fourth-order valence-electron chi connectivity index (χ4n) is 2.86. The summed E-state index contributed by atoms with van der Waals surface area (Å²) in [7, 11) is 3.22. The van der Waals surface area contributed by atoms with Crippen LogP contribution in [0.15, 0.2) is 59.3 Å². The van der Waals surface area contributed by atoms with E-state index in [1.807, 2.05) is 49.4 Å². The third-order valence-electron chi connectivity index (χ3n) is 4.54. The van der Waals surface area contributed by atoms with Gasteiger partial charge in [-0.25, -0.2) is 4.98 Å². The van der Waals surface area contributed by atoms with Gasteiger partial charge < -0.3 is 29.1 Å². The van der Waals surface area contributed by atoms with Gasteiger partial charge in [-0.2, -0.15) is 0 Å². The number of benzene rings is 2. The average Bonchev–Trinajstić information content (AvgIpc) is 3.30. The number of nitrogens with one attached hydrogen (secondary N) is 1. The Kier molecular flexibility index (Phi) is 7.10. The minimum absolute atomic E-state index is 0.0320. The van der Waals surface area contributed by atoms with E-state index in [1.54, 1.807) is 20.4 Å². The molecule has 7 nitrogen and oxygen atoms in total. The van der Waals surface area contributed by atoms with Crippen LogP contribution in [-0.4, -0.2) is 43.6 Å². The molecule has 0 amide bonds. The number of aliphatic hydroxyl groups is 1. The van der Waals surface area contributed by atoms with Crippen LogP contribution in [0.25, 0.3) is 11.5 Å². The molecule has 2 N–H and O–H groups in total. The molecule has 0 aliphatic rings. The Morgan fingerprint density at radius 3 is 2.48 bits per heavy atom. The molecular formula is C22H26N2O5. The Bertz CT molecular complexity index is 881. The van der Waals surface area contributed by atoms with Crippen molar-refractivity contribution >= 4 is 0 Å². The Hall–Kier alpha value is -3.03. The predicted molar refractivity (Wildman–Crippen MR) is 109 cm³/mol. The first kappa shape index (κ1) is 20.7. The lowest BCUT2D eigenvalue weighted by Gasteiger charge is -2.19. The summed E-state index contributed by atoms with van der Waals surface area (Å²) >= 11 is 0. The van der Waals surface area contributed by atoms with Crippen molar-refractivity contribution in [1.29, 1.82) is 0 Å². The molecule has 2 unspecified atom stereocenters. The molecule has 0 aliphatic carbocycles. The zero-order valence-corrected chi connectivity index (χ0v) is 16.8. The number of hydrogen-bond acceptors (Lipinski definition) is 7. The van der Waals surface area contributed by atoms with Crippen LogP contribution in [0.3, 0.4) is 0 Å². The smallest absolute Gasteiger partial charge is 0.225 e. The molecule has 0 aliphatic heterocycles. The lowest BCUT2D eigenvalue weighted by atomic mass is 10.1.